The third-order valence-electron chi connectivity index (χ3n) is 2.23. The Hall–Kier alpha value is -0.680. The fraction of sp³-hybridized carbons (Fsp3) is 0.444. The van der Waals surface area contributed by atoms with Crippen molar-refractivity contribution in [2.75, 3.05) is 5.75 Å². The van der Waals surface area contributed by atoms with Gasteiger partial charge in [-0.25, -0.2) is 0 Å². The average Bonchev–Trinajstić information content (AvgIpc) is 2.47. The van der Waals surface area contributed by atoms with E-state index in [0.717, 1.165) is 12.2 Å². The van der Waals surface area contributed by atoms with Gasteiger partial charge in [-0.1, -0.05) is 18.2 Å². The van der Waals surface area contributed by atoms with Crippen LogP contribution in [0.1, 0.15) is 6.42 Å². The van der Waals surface area contributed by atoms with Crippen LogP contribution in [-0.4, -0.2) is 5.75 Å². The lowest BCUT2D eigenvalue weighted by Crippen LogP contribution is -2.09. The molecule has 0 amide bonds. The predicted molar refractivity (Wildman–Crippen MR) is 46.9 cm³/mol. The van der Waals surface area contributed by atoms with Crippen molar-refractivity contribution in [2.45, 2.75) is 6.42 Å². The average molecular weight is 163 g/mol. The van der Waals surface area contributed by atoms with E-state index in [4.69, 9.17) is 5.26 Å². The third-order valence-corrected chi connectivity index (χ3v) is 3.53. The molecule has 0 saturated carbocycles. The van der Waals surface area contributed by atoms with Gasteiger partial charge in [0.05, 0.1) is 12.0 Å². The number of hydrogen-bond acceptors (Lipinski definition) is 2. The minimum Gasteiger partial charge on any atom is -0.198 e. The van der Waals surface area contributed by atoms with Gasteiger partial charge in [-0.05, 0) is 11.3 Å². The van der Waals surface area contributed by atoms with E-state index >= 15 is 0 Å². The van der Waals surface area contributed by atoms with Crippen LogP contribution in [0.15, 0.2) is 23.1 Å². The number of fused-ring (bicyclic) bond motifs is 1. The lowest BCUT2D eigenvalue weighted by molar-refractivity contribution is 0.542. The van der Waals surface area contributed by atoms with Gasteiger partial charge in [-0.3, -0.25) is 0 Å². The smallest absolute Gasteiger partial charge is 0.0671 e. The van der Waals surface area contributed by atoms with Crippen molar-refractivity contribution >= 4 is 11.8 Å². The highest BCUT2D eigenvalue weighted by Crippen LogP contribution is 2.43. The van der Waals surface area contributed by atoms with Crippen LogP contribution in [0, 0.1) is 23.2 Å². The van der Waals surface area contributed by atoms with Crippen LogP contribution in [0.5, 0.6) is 0 Å². The summed E-state index contributed by atoms with van der Waals surface area (Å²) in [6.45, 7) is 0. The van der Waals surface area contributed by atoms with Crippen LogP contribution in [-0.2, 0) is 0 Å². The summed E-state index contributed by atoms with van der Waals surface area (Å²) >= 11 is 1.85. The van der Waals surface area contributed by atoms with E-state index in [1.807, 2.05) is 11.8 Å². The van der Waals surface area contributed by atoms with Crippen LogP contribution >= 0.6 is 11.8 Å². The molecule has 2 unspecified atom stereocenters. The maximum Gasteiger partial charge on any atom is 0.0671 e. The number of nitriles is 1. The number of nitrogens with zero attached hydrogens (tertiary/aromatic N) is 1. The summed E-state index contributed by atoms with van der Waals surface area (Å²) in [5, 5.41) is 8.79. The Balaban J connectivity index is 2.23. The summed E-state index contributed by atoms with van der Waals surface area (Å²) < 4.78 is 0. The molecule has 11 heavy (non-hydrogen) atoms. The largest absolute Gasteiger partial charge is 0.198 e. The van der Waals surface area contributed by atoms with Crippen molar-refractivity contribution in [3.63, 3.8) is 0 Å². The molecule has 0 aromatic carbocycles. The first-order chi connectivity index (χ1) is 5.42. The third kappa shape index (κ3) is 1.10. The maximum atomic E-state index is 8.79. The highest BCUT2D eigenvalue weighted by atomic mass is 32.2. The van der Waals surface area contributed by atoms with E-state index in [9.17, 15) is 0 Å². The van der Waals surface area contributed by atoms with Gasteiger partial charge in [0, 0.05) is 11.7 Å². The van der Waals surface area contributed by atoms with Gasteiger partial charge < -0.3 is 0 Å². The molecule has 0 spiro atoms. The Morgan fingerprint density at radius 1 is 1.64 bits per heavy atom. The molecule has 2 aliphatic rings. The zero-order chi connectivity index (χ0) is 7.68. The van der Waals surface area contributed by atoms with Gasteiger partial charge in [0.25, 0.3) is 0 Å². The van der Waals surface area contributed by atoms with E-state index in [1.165, 1.54) is 4.91 Å². The van der Waals surface area contributed by atoms with Gasteiger partial charge in [-0.2, -0.15) is 5.26 Å². The number of hydrogen-bond donors (Lipinski definition) is 0. The highest BCUT2D eigenvalue weighted by molar-refractivity contribution is 8.03. The lowest BCUT2D eigenvalue weighted by atomic mass is 9.89. The van der Waals surface area contributed by atoms with Gasteiger partial charge in [0.15, 0.2) is 0 Å². The Bertz CT molecular complexity index is 259. The van der Waals surface area contributed by atoms with Gasteiger partial charge in [-0.15, -0.1) is 11.8 Å². The van der Waals surface area contributed by atoms with Crippen molar-refractivity contribution in [2.24, 2.45) is 11.8 Å². The molecule has 2 rings (SSSR count). The summed E-state index contributed by atoms with van der Waals surface area (Å²) in [4.78, 5) is 1.42. The molecule has 0 aromatic heterocycles. The summed E-state index contributed by atoms with van der Waals surface area (Å²) in [5.74, 6) is 1.78. The summed E-state index contributed by atoms with van der Waals surface area (Å²) in [6, 6.07) is 2.37. The number of rotatable bonds is 0. The second-order valence-electron chi connectivity index (χ2n) is 2.89. The molecule has 0 N–H and O–H groups in total. The van der Waals surface area contributed by atoms with Gasteiger partial charge >= 0.3 is 0 Å². The van der Waals surface area contributed by atoms with Gasteiger partial charge in [0.1, 0.15) is 0 Å². The molecule has 56 valence electrons. The fourth-order valence-corrected chi connectivity index (χ4v) is 2.90. The molecule has 1 aliphatic heterocycles. The molecular formula is C9H9NS. The second-order valence-corrected chi connectivity index (χ2v) is 3.98. The molecule has 1 saturated heterocycles. The van der Waals surface area contributed by atoms with Gasteiger partial charge in [0.2, 0.25) is 0 Å². The first-order valence-corrected chi connectivity index (χ1v) is 4.79. The first kappa shape index (κ1) is 7.00. The predicted octanol–water partition coefficient (Wildman–Crippen LogP) is 2.33. The molecule has 1 aliphatic carbocycles. The Morgan fingerprint density at radius 2 is 2.55 bits per heavy atom. The molecule has 0 radical (unpaired) electrons. The minimum absolute atomic E-state index is 0.260. The second kappa shape index (κ2) is 2.75. The lowest BCUT2D eigenvalue weighted by Gasteiger charge is -2.13. The molecule has 2 atom stereocenters. The molecule has 2 heteroatoms. The van der Waals surface area contributed by atoms with Crippen LogP contribution in [0.3, 0.4) is 0 Å². The van der Waals surface area contributed by atoms with Crippen molar-refractivity contribution in [1.82, 2.24) is 0 Å². The van der Waals surface area contributed by atoms with Crippen LogP contribution in [0.2, 0.25) is 0 Å². The minimum atomic E-state index is 0.260. The highest BCUT2D eigenvalue weighted by Gasteiger charge is 2.31. The zero-order valence-electron chi connectivity index (χ0n) is 6.16. The quantitative estimate of drug-likeness (QED) is 0.547. The van der Waals surface area contributed by atoms with E-state index in [-0.39, 0.29) is 5.92 Å². The molecule has 1 fully saturated rings. The standard InChI is InChI=1S/C9H9NS/c10-5-7-6-11-9-4-2-1-3-8(7)9/h1-2,4,7-8H,3,6H2. The molecular weight excluding hydrogens is 154 g/mol. The Morgan fingerprint density at radius 3 is 3.36 bits per heavy atom. The van der Waals surface area contributed by atoms with Crippen LogP contribution in [0.25, 0.3) is 0 Å². The first-order valence-electron chi connectivity index (χ1n) is 3.81. The van der Waals surface area contributed by atoms with Crippen LogP contribution in [0.4, 0.5) is 0 Å². The Labute approximate surface area is 70.8 Å². The van der Waals surface area contributed by atoms with E-state index in [0.29, 0.717) is 5.92 Å². The van der Waals surface area contributed by atoms with E-state index in [1.54, 1.807) is 0 Å². The Kier molecular flexibility index (Phi) is 1.75. The van der Waals surface area contributed by atoms with Crippen molar-refractivity contribution in [3.8, 4) is 6.07 Å². The number of allylic oxidation sites excluding steroid dienone is 4. The number of thioether (sulfide) groups is 1. The summed E-state index contributed by atoms with van der Waals surface area (Å²) in [7, 11) is 0. The zero-order valence-corrected chi connectivity index (χ0v) is 6.97. The fourth-order valence-electron chi connectivity index (χ4n) is 1.57. The molecule has 0 aromatic rings. The van der Waals surface area contributed by atoms with Crippen molar-refractivity contribution in [3.05, 3.63) is 23.1 Å². The van der Waals surface area contributed by atoms with E-state index < -0.39 is 0 Å². The molecule has 1 nitrogen and oxygen atoms in total. The normalized spacial score (nSPS) is 34.3. The van der Waals surface area contributed by atoms with E-state index in [2.05, 4.69) is 24.3 Å². The topological polar surface area (TPSA) is 23.8 Å². The monoisotopic (exact) mass is 163 g/mol. The summed E-state index contributed by atoms with van der Waals surface area (Å²) in [5.41, 5.74) is 0. The molecule has 1 heterocycles. The van der Waals surface area contributed by atoms with Crippen molar-refractivity contribution in [1.29, 1.82) is 5.26 Å². The molecule has 0 bridgehead atoms. The SMILES string of the molecule is N#CC1CSC2=CC=CCC21. The summed E-state index contributed by atoms with van der Waals surface area (Å²) in [6.07, 6.45) is 7.47. The van der Waals surface area contributed by atoms with Crippen molar-refractivity contribution < 1.29 is 0 Å². The maximum absolute atomic E-state index is 8.79. The van der Waals surface area contributed by atoms with Crippen LogP contribution < -0.4 is 0 Å².